The second-order valence-corrected chi connectivity index (χ2v) is 8.64. The molecule has 0 heterocycles. The number of benzene rings is 1. The Morgan fingerprint density at radius 2 is 1.86 bits per heavy atom. The van der Waals surface area contributed by atoms with Crippen LogP contribution in [0.1, 0.15) is 45.6 Å². The summed E-state index contributed by atoms with van der Waals surface area (Å²) in [6, 6.07) is 8.24. The Morgan fingerprint density at radius 1 is 1.19 bits per heavy atom. The molecule has 0 unspecified atom stereocenters. The van der Waals surface area contributed by atoms with Crippen LogP contribution in [0.3, 0.4) is 0 Å². The largest absolute Gasteiger partial charge is 0.314 e. The topological polar surface area (TPSA) is 58.2 Å². The lowest BCUT2D eigenvalue weighted by Crippen LogP contribution is -2.24. The van der Waals surface area contributed by atoms with E-state index < -0.39 is 10.0 Å². The molecule has 21 heavy (non-hydrogen) atoms. The zero-order valence-electron chi connectivity index (χ0n) is 13.1. The fraction of sp³-hybridized carbons (Fsp3) is 0.625. The smallest absolute Gasteiger partial charge is 0.232 e. The Kier molecular flexibility index (Phi) is 4.94. The first kappa shape index (κ1) is 16.3. The molecule has 118 valence electrons. The van der Waals surface area contributed by atoms with Crippen molar-refractivity contribution in [2.45, 2.75) is 51.5 Å². The summed E-state index contributed by atoms with van der Waals surface area (Å²) in [4.78, 5) is 0. The Balaban J connectivity index is 1.95. The molecule has 0 bridgehead atoms. The summed E-state index contributed by atoms with van der Waals surface area (Å²) >= 11 is 0. The van der Waals surface area contributed by atoms with E-state index >= 15 is 0 Å². The zero-order chi connectivity index (χ0) is 15.5. The molecule has 4 nitrogen and oxygen atoms in total. The van der Waals surface area contributed by atoms with Gasteiger partial charge in [-0.3, -0.25) is 4.72 Å². The van der Waals surface area contributed by atoms with Gasteiger partial charge in [0.05, 0.1) is 11.4 Å². The van der Waals surface area contributed by atoms with Gasteiger partial charge in [-0.25, -0.2) is 8.42 Å². The number of hydrogen-bond acceptors (Lipinski definition) is 3. The average molecular weight is 310 g/mol. The molecule has 0 radical (unpaired) electrons. The van der Waals surface area contributed by atoms with Crippen LogP contribution in [0.25, 0.3) is 0 Å². The van der Waals surface area contributed by atoms with Gasteiger partial charge >= 0.3 is 0 Å². The second-order valence-electron chi connectivity index (χ2n) is 6.80. The third-order valence-electron chi connectivity index (χ3n) is 3.60. The van der Waals surface area contributed by atoms with Crippen LogP contribution in [0, 0.1) is 0 Å². The van der Waals surface area contributed by atoms with Gasteiger partial charge in [0.15, 0.2) is 0 Å². The lowest BCUT2D eigenvalue weighted by molar-refractivity contribution is 0.587. The lowest BCUT2D eigenvalue weighted by atomic mass is 9.86. The highest BCUT2D eigenvalue weighted by Crippen LogP contribution is 2.29. The third kappa shape index (κ3) is 5.32. The van der Waals surface area contributed by atoms with E-state index in [1.807, 2.05) is 24.3 Å². The van der Waals surface area contributed by atoms with Crippen LogP contribution in [-0.4, -0.2) is 26.8 Å². The second kappa shape index (κ2) is 6.36. The maximum Gasteiger partial charge on any atom is 0.232 e. The summed E-state index contributed by atoms with van der Waals surface area (Å²) in [6.45, 7) is 7.02. The molecule has 1 aliphatic rings. The summed E-state index contributed by atoms with van der Waals surface area (Å²) in [5, 5.41) is 3.34. The minimum absolute atomic E-state index is 0.0906. The SMILES string of the molecule is CC(C)(C)c1ccccc1NS(=O)(=O)CCCNC1CC1. The number of rotatable bonds is 7. The van der Waals surface area contributed by atoms with Crippen molar-refractivity contribution in [2.75, 3.05) is 17.0 Å². The van der Waals surface area contributed by atoms with Gasteiger partial charge in [0.2, 0.25) is 10.0 Å². The van der Waals surface area contributed by atoms with E-state index in [2.05, 4.69) is 30.8 Å². The van der Waals surface area contributed by atoms with Gasteiger partial charge in [0.1, 0.15) is 0 Å². The highest BCUT2D eigenvalue weighted by molar-refractivity contribution is 7.92. The molecule has 0 spiro atoms. The molecule has 0 aliphatic heterocycles. The maximum atomic E-state index is 12.2. The van der Waals surface area contributed by atoms with Gasteiger partial charge in [0, 0.05) is 6.04 Å². The molecule has 0 atom stereocenters. The predicted octanol–water partition coefficient (Wildman–Crippen LogP) is 2.87. The van der Waals surface area contributed by atoms with Crippen molar-refractivity contribution in [1.82, 2.24) is 5.32 Å². The standard InChI is InChI=1S/C16H26N2O2S/c1-16(2,3)14-7-4-5-8-15(14)18-21(19,20)12-6-11-17-13-9-10-13/h4-5,7-8,13,17-18H,6,9-12H2,1-3H3. The number of nitrogens with one attached hydrogen (secondary N) is 2. The van der Waals surface area contributed by atoms with Gasteiger partial charge < -0.3 is 5.32 Å². The number of hydrogen-bond donors (Lipinski definition) is 2. The van der Waals surface area contributed by atoms with Crippen molar-refractivity contribution in [3.05, 3.63) is 29.8 Å². The first-order chi connectivity index (χ1) is 9.78. The highest BCUT2D eigenvalue weighted by Gasteiger charge is 2.22. The average Bonchev–Trinajstić information content (AvgIpc) is 3.17. The van der Waals surface area contributed by atoms with Crippen LogP contribution in [-0.2, 0) is 15.4 Å². The van der Waals surface area contributed by atoms with Crippen molar-refractivity contribution in [3.8, 4) is 0 Å². The predicted molar refractivity (Wildman–Crippen MR) is 88.2 cm³/mol. The van der Waals surface area contributed by atoms with E-state index in [1.54, 1.807) is 0 Å². The van der Waals surface area contributed by atoms with Gasteiger partial charge in [-0.1, -0.05) is 39.0 Å². The molecule has 1 aromatic rings. The summed E-state index contributed by atoms with van der Waals surface area (Å²) in [5.41, 5.74) is 1.62. The Labute approximate surface area is 128 Å². The van der Waals surface area contributed by atoms with E-state index in [4.69, 9.17) is 0 Å². The van der Waals surface area contributed by atoms with E-state index in [9.17, 15) is 8.42 Å². The first-order valence-electron chi connectivity index (χ1n) is 7.61. The molecule has 2 N–H and O–H groups in total. The summed E-state index contributed by atoms with van der Waals surface area (Å²) in [5.74, 6) is 0.158. The molecule has 0 saturated heterocycles. The van der Waals surface area contributed by atoms with Crippen LogP contribution in [0.5, 0.6) is 0 Å². The quantitative estimate of drug-likeness (QED) is 0.761. The lowest BCUT2D eigenvalue weighted by Gasteiger charge is -2.23. The van der Waals surface area contributed by atoms with Crippen molar-refractivity contribution in [2.24, 2.45) is 0 Å². The van der Waals surface area contributed by atoms with Crippen LogP contribution < -0.4 is 10.0 Å². The minimum Gasteiger partial charge on any atom is -0.314 e. The maximum absolute atomic E-state index is 12.2. The normalized spacial score (nSPS) is 16.0. The minimum atomic E-state index is -3.28. The van der Waals surface area contributed by atoms with E-state index in [0.717, 1.165) is 12.1 Å². The van der Waals surface area contributed by atoms with Crippen LogP contribution in [0.4, 0.5) is 5.69 Å². The van der Waals surface area contributed by atoms with Gasteiger partial charge in [-0.2, -0.15) is 0 Å². The summed E-state index contributed by atoms with van der Waals surface area (Å²) < 4.78 is 27.1. The summed E-state index contributed by atoms with van der Waals surface area (Å²) in [6.07, 6.45) is 3.09. The Bertz CT molecular complexity index is 572. The molecule has 0 aromatic heterocycles. The summed E-state index contributed by atoms with van der Waals surface area (Å²) in [7, 11) is -3.28. The fourth-order valence-corrected chi connectivity index (χ4v) is 3.44. The molecule has 5 heteroatoms. The van der Waals surface area contributed by atoms with Crippen molar-refractivity contribution in [1.29, 1.82) is 0 Å². The van der Waals surface area contributed by atoms with Crippen molar-refractivity contribution >= 4 is 15.7 Å². The van der Waals surface area contributed by atoms with Gasteiger partial charge in [0.25, 0.3) is 0 Å². The molecule has 1 aromatic carbocycles. The van der Waals surface area contributed by atoms with Crippen LogP contribution >= 0.6 is 0 Å². The zero-order valence-corrected chi connectivity index (χ0v) is 14.0. The number of sulfonamides is 1. The van der Waals surface area contributed by atoms with E-state index in [0.29, 0.717) is 18.2 Å². The molecular weight excluding hydrogens is 284 g/mol. The Morgan fingerprint density at radius 3 is 2.48 bits per heavy atom. The van der Waals surface area contributed by atoms with Gasteiger partial charge in [-0.15, -0.1) is 0 Å². The Hall–Kier alpha value is -1.07. The highest BCUT2D eigenvalue weighted by atomic mass is 32.2. The van der Waals surface area contributed by atoms with Crippen molar-refractivity contribution < 1.29 is 8.42 Å². The molecule has 2 rings (SSSR count). The van der Waals surface area contributed by atoms with Crippen molar-refractivity contribution in [3.63, 3.8) is 0 Å². The molecule has 1 fully saturated rings. The van der Waals surface area contributed by atoms with Gasteiger partial charge in [-0.05, 0) is 42.9 Å². The van der Waals surface area contributed by atoms with Crippen LogP contribution in [0.2, 0.25) is 0 Å². The monoisotopic (exact) mass is 310 g/mol. The molecule has 1 aliphatic carbocycles. The fourth-order valence-electron chi connectivity index (χ4n) is 2.30. The third-order valence-corrected chi connectivity index (χ3v) is 4.96. The molecule has 1 saturated carbocycles. The first-order valence-corrected chi connectivity index (χ1v) is 9.26. The molecular formula is C16H26N2O2S. The van der Waals surface area contributed by atoms with E-state index in [-0.39, 0.29) is 11.2 Å². The number of anilines is 1. The molecule has 0 amide bonds. The van der Waals surface area contributed by atoms with E-state index in [1.165, 1.54) is 12.8 Å². The van der Waals surface area contributed by atoms with Crippen LogP contribution in [0.15, 0.2) is 24.3 Å². The number of para-hydroxylation sites is 1.